The summed E-state index contributed by atoms with van der Waals surface area (Å²) < 4.78 is 5.09. The number of rotatable bonds is 2. The lowest BCUT2D eigenvalue weighted by Crippen LogP contribution is -2.27. The van der Waals surface area contributed by atoms with E-state index in [1.807, 2.05) is 6.26 Å². The summed E-state index contributed by atoms with van der Waals surface area (Å²) in [5.41, 5.74) is -0.552. The summed E-state index contributed by atoms with van der Waals surface area (Å²) in [6, 6.07) is 1.46. The van der Waals surface area contributed by atoms with Gasteiger partial charge in [0.25, 0.3) is 0 Å². The minimum atomic E-state index is -0.570. The first kappa shape index (κ1) is 14.1. The van der Waals surface area contributed by atoms with Crippen LogP contribution in [0.15, 0.2) is 11.2 Å². The van der Waals surface area contributed by atoms with E-state index in [0.29, 0.717) is 11.0 Å². The van der Waals surface area contributed by atoms with Crippen molar-refractivity contribution in [2.24, 2.45) is 0 Å². The molecule has 0 fully saturated rings. The van der Waals surface area contributed by atoms with E-state index in [0.717, 1.165) is 0 Å². The van der Waals surface area contributed by atoms with Crippen LogP contribution in [0.1, 0.15) is 20.8 Å². The van der Waals surface area contributed by atoms with Gasteiger partial charge < -0.3 is 4.74 Å². The van der Waals surface area contributed by atoms with Crippen LogP contribution in [0.2, 0.25) is 5.15 Å². The molecule has 1 rings (SSSR count). The zero-order chi connectivity index (χ0) is 13.1. The maximum Gasteiger partial charge on any atom is 0.413 e. The average Bonchev–Trinajstić information content (AvgIpc) is 2.13. The van der Waals surface area contributed by atoms with Crippen LogP contribution >= 0.6 is 23.4 Å². The number of thioether (sulfide) groups is 1. The average molecular weight is 276 g/mol. The fraction of sp³-hybridized carbons (Fsp3) is 0.500. The Balaban J connectivity index is 2.74. The van der Waals surface area contributed by atoms with Gasteiger partial charge in [-0.15, -0.1) is 0 Å². The molecule has 0 atom stereocenters. The second-order valence-corrected chi connectivity index (χ2v) is 5.35. The molecule has 94 valence electrons. The smallest absolute Gasteiger partial charge is 0.413 e. The van der Waals surface area contributed by atoms with Gasteiger partial charge in [0.15, 0.2) is 5.16 Å². The highest BCUT2D eigenvalue weighted by Gasteiger charge is 2.17. The predicted octanol–water partition coefficient (Wildman–Crippen LogP) is 3.20. The van der Waals surface area contributed by atoms with Crippen LogP contribution in [0.4, 0.5) is 10.6 Å². The van der Waals surface area contributed by atoms with Crippen LogP contribution in [0, 0.1) is 0 Å². The summed E-state index contributed by atoms with van der Waals surface area (Å²) in [7, 11) is 0. The number of hydrogen-bond donors (Lipinski definition) is 1. The van der Waals surface area contributed by atoms with E-state index in [-0.39, 0.29) is 5.15 Å². The fourth-order valence-corrected chi connectivity index (χ4v) is 1.57. The number of aromatic nitrogens is 2. The van der Waals surface area contributed by atoms with Gasteiger partial charge in [-0.1, -0.05) is 23.4 Å². The molecule has 0 aliphatic rings. The Labute approximate surface area is 109 Å². The molecule has 5 nitrogen and oxygen atoms in total. The molecule has 0 unspecified atom stereocenters. The number of anilines is 1. The van der Waals surface area contributed by atoms with Gasteiger partial charge in [0.05, 0.1) is 0 Å². The van der Waals surface area contributed by atoms with E-state index in [1.54, 1.807) is 20.8 Å². The molecule has 1 aromatic heterocycles. The van der Waals surface area contributed by atoms with Crippen LogP contribution in [0.3, 0.4) is 0 Å². The maximum atomic E-state index is 11.5. The number of nitrogens with one attached hydrogen (secondary N) is 1. The molecule has 0 aliphatic heterocycles. The van der Waals surface area contributed by atoms with Crippen LogP contribution in [0.25, 0.3) is 0 Å². The van der Waals surface area contributed by atoms with Gasteiger partial charge in [0.2, 0.25) is 0 Å². The van der Waals surface area contributed by atoms with Crippen molar-refractivity contribution in [3.8, 4) is 0 Å². The van der Waals surface area contributed by atoms with Crippen LogP contribution in [-0.2, 0) is 4.74 Å². The molecule has 0 aromatic carbocycles. The molecule has 1 heterocycles. The number of halogens is 1. The SMILES string of the molecule is CSc1nc(Cl)cc(NC(=O)OC(C)(C)C)n1. The Bertz CT molecular complexity index is 421. The second-order valence-electron chi connectivity index (χ2n) is 4.19. The third-order valence-electron chi connectivity index (χ3n) is 1.49. The molecule has 0 aliphatic carbocycles. The first-order valence-corrected chi connectivity index (χ1v) is 6.49. The molecule has 0 saturated carbocycles. The van der Waals surface area contributed by atoms with Gasteiger partial charge in [-0.05, 0) is 27.0 Å². The predicted molar refractivity (Wildman–Crippen MR) is 68.7 cm³/mol. The first-order valence-electron chi connectivity index (χ1n) is 4.89. The molecular weight excluding hydrogens is 262 g/mol. The molecule has 0 spiro atoms. The summed E-state index contributed by atoms with van der Waals surface area (Å²) in [5, 5.41) is 3.27. The largest absolute Gasteiger partial charge is 0.444 e. The fourth-order valence-electron chi connectivity index (χ4n) is 0.960. The minimum absolute atomic E-state index is 0.274. The minimum Gasteiger partial charge on any atom is -0.444 e. The molecule has 1 N–H and O–H groups in total. The molecule has 0 saturated heterocycles. The van der Waals surface area contributed by atoms with Gasteiger partial charge in [-0.25, -0.2) is 14.8 Å². The van der Waals surface area contributed by atoms with Crippen LogP contribution in [0.5, 0.6) is 0 Å². The molecule has 1 aromatic rings. The van der Waals surface area contributed by atoms with Crippen molar-refractivity contribution < 1.29 is 9.53 Å². The zero-order valence-corrected chi connectivity index (χ0v) is 11.6. The van der Waals surface area contributed by atoms with E-state index < -0.39 is 11.7 Å². The monoisotopic (exact) mass is 275 g/mol. The van der Waals surface area contributed by atoms with Crippen molar-refractivity contribution in [2.75, 3.05) is 11.6 Å². The van der Waals surface area contributed by atoms with E-state index >= 15 is 0 Å². The topological polar surface area (TPSA) is 64.1 Å². The van der Waals surface area contributed by atoms with Crippen molar-refractivity contribution in [1.82, 2.24) is 9.97 Å². The van der Waals surface area contributed by atoms with Crippen molar-refractivity contribution in [3.05, 3.63) is 11.2 Å². The van der Waals surface area contributed by atoms with Crippen LogP contribution in [-0.4, -0.2) is 27.9 Å². The number of hydrogen-bond acceptors (Lipinski definition) is 5. The Morgan fingerprint density at radius 1 is 1.47 bits per heavy atom. The molecule has 17 heavy (non-hydrogen) atoms. The molecule has 0 bridgehead atoms. The quantitative estimate of drug-likeness (QED) is 0.510. The second kappa shape index (κ2) is 5.55. The lowest BCUT2D eigenvalue weighted by molar-refractivity contribution is 0.0635. The Morgan fingerprint density at radius 3 is 2.65 bits per heavy atom. The summed E-state index contributed by atoms with van der Waals surface area (Å²) >= 11 is 7.13. The highest BCUT2D eigenvalue weighted by atomic mass is 35.5. The van der Waals surface area contributed by atoms with E-state index in [4.69, 9.17) is 16.3 Å². The summed E-state index contributed by atoms with van der Waals surface area (Å²) in [6.07, 6.45) is 1.25. The van der Waals surface area contributed by atoms with Gasteiger partial charge in [-0.3, -0.25) is 5.32 Å². The van der Waals surface area contributed by atoms with E-state index in [2.05, 4.69) is 15.3 Å². The molecular formula is C10H14ClN3O2S. The lowest BCUT2D eigenvalue weighted by atomic mass is 10.2. The van der Waals surface area contributed by atoms with Gasteiger partial charge in [0.1, 0.15) is 16.6 Å². The zero-order valence-electron chi connectivity index (χ0n) is 10.1. The third kappa shape index (κ3) is 5.23. The maximum absolute atomic E-state index is 11.5. The Morgan fingerprint density at radius 2 is 2.12 bits per heavy atom. The summed E-state index contributed by atoms with van der Waals surface area (Å²) in [5.74, 6) is 0.323. The summed E-state index contributed by atoms with van der Waals surface area (Å²) in [4.78, 5) is 19.5. The highest BCUT2D eigenvalue weighted by molar-refractivity contribution is 7.98. The van der Waals surface area contributed by atoms with Crippen molar-refractivity contribution in [3.63, 3.8) is 0 Å². The number of carbonyl (C=O) groups is 1. The Hall–Kier alpha value is -1.01. The van der Waals surface area contributed by atoms with Gasteiger partial charge in [-0.2, -0.15) is 0 Å². The standard InChI is InChI=1S/C10H14ClN3O2S/c1-10(2,3)16-9(15)14-7-5-6(11)12-8(13-7)17-4/h5H,1-4H3,(H,12,13,14,15). The summed E-state index contributed by atoms with van der Waals surface area (Å²) in [6.45, 7) is 5.35. The lowest BCUT2D eigenvalue weighted by Gasteiger charge is -2.19. The van der Waals surface area contributed by atoms with Gasteiger partial charge in [0, 0.05) is 6.07 Å². The number of carbonyl (C=O) groups excluding carboxylic acids is 1. The first-order chi connectivity index (χ1) is 7.80. The number of amides is 1. The molecule has 1 amide bonds. The number of ether oxygens (including phenoxy) is 1. The highest BCUT2D eigenvalue weighted by Crippen LogP contribution is 2.18. The van der Waals surface area contributed by atoms with Gasteiger partial charge >= 0.3 is 6.09 Å². The normalized spacial score (nSPS) is 11.1. The van der Waals surface area contributed by atoms with Crippen molar-refractivity contribution >= 4 is 35.3 Å². The molecule has 0 radical (unpaired) electrons. The van der Waals surface area contributed by atoms with Crippen molar-refractivity contribution in [2.45, 2.75) is 31.5 Å². The number of nitrogens with zero attached hydrogens (tertiary/aromatic N) is 2. The van der Waals surface area contributed by atoms with E-state index in [9.17, 15) is 4.79 Å². The molecule has 7 heteroatoms. The van der Waals surface area contributed by atoms with Crippen molar-refractivity contribution in [1.29, 1.82) is 0 Å². The Kier molecular flexibility index (Phi) is 4.59. The van der Waals surface area contributed by atoms with E-state index in [1.165, 1.54) is 17.8 Å². The third-order valence-corrected chi connectivity index (χ3v) is 2.23. The van der Waals surface area contributed by atoms with Crippen LogP contribution < -0.4 is 5.32 Å².